The number of halogens is 2. The van der Waals surface area contributed by atoms with Gasteiger partial charge in [0.15, 0.2) is 6.61 Å². The van der Waals surface area contributed by atoms with E-state index in [9.17, 15) is 9.59 Å². The van der Waals surface area contributed by atoms with Crippen LogP contribution in [-0.4, -0.2) is 36.4 Å². The highest BCUT2D eigenvalue weighted by molar-refractivity contribution is 6.42. The predicted molar refractivity (Wildman–Crippen MR) is 115 cm³/mol. The van der Waals surface area contributed by atoms with E-state index in [0.29, 0.717) is 27.8 Å². The lowest BCUT2D eigenvalue weighted by molar-refractivity contribution is -0.132. The number of carbonyl (C=O) groups is 2. The van der Waals surface area contributed by atoms with Crippen molar-refractivity contribution < 1.29 is 14.3 Å². The lowest BCUT2D eigenvalue weighted by Crippen LogP contribution is -2.32. The Morgan fingerprint density at radius 1 is 1.10 bits per heavy atom. The van der Waals surface area contributed by atoms with Gasteiger partial charge >= 0.3 is 0 Å². The number of hydrogen-bond donors (Lipinski definition) is 1. The third-order valence-electron chi connectivity index (χ3n) is 5.00. The summed E-state index contributed by atoms with van der Waals surface area (Å²) >= 11 is 12.0. The first-order chi connectivity index (χ1) is 14.0. The van der Waals surface area contributed by atoms with E-state index in [1.165, 1.54) is 0 Å². The Bertz CT molecular complexity index is 882. The van der Waals surface area contributed by atoms with E-state index >= 15 is 0 Å². The number of carbonyl (C=O) groups excluding carboxylic acids is 2. The predicted octanol–water partition coefficient (Wildman–Crippen LogP) is 4.88. The van der Waals surface area contributed by atoms with Crippen molar-refractivity contribution in [2.45, 2.75) is 32.2 Å². The van der Waals surface area contributed by atoms with Gasteiger partial charge < -0.3 is 15.0 Å². The molecule has 0 saturated carbocycles. The highest BCUT2D eigenvalue weighted by Gasteiger charge is 2.21. The lowest BCUT2D eigenvalue weighted by atomic mass is 10.0. The van der Waals surface area contributed by atoms with Crippen LogP contribution in [-0.2, 0) is 4.79 Å². The minimum Gasteiger partial charge on any atom is -0.483 e. The maximum absolute atomic E-state index is 12.7. The van der Waals surface area contributed by atoms with Crippen molar-refractivity contribution in [1.29, 1.82) is 0 Å². The van der Waals surface area contributed by atoms with Gasteiger partial charge in [-0.3, -0.25) is 9.59 Å². The van der Waals surface area contributed by atoms with Crippen molar-refractivity contribution in [3.63, 3.8) is 0 Å². The van der Waals surface area contributed by atoms with Gasteiger partial charge in [-0.25, -0.2) is 0 Å². The molecule has 1 aliphatic rings. The molecule has 2 amide bonds. The van der Waals surface area contributed by atoms with Crippen molar-refractivity contribution in [3.8, 4) is 5.75 Å². The van der Waals surface area contributed by atoms with E-state index < -0.39 is 0 Å². The molecule has 2 aromatic rings. The molecule has 29 heavy (non-hydrogen) atoms. The van der Waals surface area contributed by atoms with Crippen LogP contribution in [0.5, 0.6) is 5.75 Å². The van der Waals surface area contributed by atoms with Crippen LogP contribution in [0, 0.1) is 0 Å². The highest BCUT2D eigenvalue weighted by atomic mass is 35.5. The van der Waals surface area contributed by atoms with Crippen molar-refractivity contribution >= 4 is 35.0 Å². The number of likely N-dealkylation sites (tertiary alicyclic amines) is 1. The number of para-hydroxylation sites is 1. The number of rotatable bonds is 7. The molecule has 1 fully saturated rings. The van der Waals surface area contributed by atoms with Crippen molar-refractivity contribution in [3.05, 3.63) is 63.6 Å². The Balaban J connectivity index is 1.70. The van der Waals surface area contributed by atoms with Gasteiger partial charge in [0.2, 0.25) is 0 Å². The van der Waals surface area contributed by atoms with Crippen molar-refractivity contribution in [1.82, 2.24) is 10.2 Å². The normalized spacial score (nSPS) is 14.5. The van der Waals surface area contributed by atoms with Crippen LogP contribution in [0.4, 0.5) is 0 Å². The summed E-state index contributed by atoms with van der Waals surface area (Å²) in [4.78, 5) is 26.8. The summed E-state index contributed by atoms with van der Waals surface area (Å²) in [5.41, 5.74) is 1.26. The third-order valence-corrected chi connectivity index (χ3v) is 5.74. The Morgan fingerprint density at radius 2 is 1.83 bits per heavy atom. The van der Waals surface area contributed by atoms with Gasteiger partial charge in [-0.15, -0.1) is 0 Å². The fourth-order valence-electron chi connectivity index (χ4n) is 3.38. The van der Waals surface area contributed by atoms with Gasteiger partial charge in [-0.1, -0.05) is 48.3 Å². The molecule has 1 N–H and O–H groups in total. The van der Waals surface area contributed by atoms with Gasteiger partial charge in [0, 0.05) is 24.2 Å². The zero-order valence-electron chi connectivity index (χ0n) is 16.3. The minimum absolute atomic E-state index is 0.00577. The molecule has 5 nitrogen and oxygen atoms in total. The second kappa shape index (κ2) is 9.99. The fourth-order valence-corrected chi connectivity index (χ4v) is 3.67. The first-order valence-electron chi connectivity index (χ1n) is 9.75. The summed E-state index contributed by atoms with van der Waals surface area (Å²) < 4.78 is 5.84. The number of nitrogens with zero attached hydrogens (tertiary/aromatic N) is 1. The molecular weight excluding hydrogens is 411 g/mol. The fraction of sp³-hybridized carbons (Fsp3) is 0.364. The molecule has 0 aliphatic carbocycles. The molecule has 154 valence electrons. The number of benzene rings is 2. The van der Waals surface area contributed by atoms with Crippen LogP contribution in [0.1, 0.15) is 48.1 Å². The Hall–Kier alpha value is -2.24. The molecule has 0 bridgehead atoms. The molecule has 0 unspecified atom stereocenters. The van der Waals surface area contributed by atoms with Crippen molar-refractivity contribution in [2.24, 2.45) is 0 Å². The number of nitrogens with one attached hydrogen (secondary N) is 1. The number of ether oxygens (including phenoxy) is 1. The topological polar surface area (TPSA) is 58.6 Å². The molecule has 1 heterocycles. The van der Waals surface area contributed by atoms with E-state index in [1.807, 2.05) is 36.1 Å². The molecule has 0 aromatic heterocycles. The van der Waals surface area contributed by atoms with E-state index in [0.717, 1.165) is 31.5 Å². The number of amides is 2. The van der Waals surface area contributed by atoms with Gasteiger partial charge in [0.1, 0.15) is 5.75 Å². The smallest absolute Gasteiger partial charge is 0.260 e. The van der Waals surface area contributed by atoms with E-state index in [-0.39, 0.29) is 24.5 Å². The van der Waals surface area contributed by atoms with Gasteiger partial charge in [0.05, 0.1) is 16.1 Å². The Labute approximate surface area is 180 Å². The quantitative estimate of drug-likeness (QED) is 0.675. The van der Waals surface area contributed by atoms with Gasteiger partial charge in [-0.05, 0) is 43.5 Å². The largest absolute Gasteiger partial charge is 0.483 e. The van der Waals surface area contributed by atoms with Crippen LogP contribution >= 0.6 is 23.2 Å². The second-order valence-electron chi connectivity index (χ2n) is 6.98. The monoisotopic (exact) mass is 434 g/mol. The number of hydrogen-bond acceptors (Lipinski definition) is 3. The van der Waals surface area contributed by atoms with Crippen LogP contribution < -0.4 is 10.1 Å². The molecule has 1 aliphatic heterocycles. The summed E-state index contributed by atoms with van der Waals surface area (Å²) in [5, 5.41) is 3.74. The van der Waals surface area contributed by atoms with Crippen LogP contribution in [0.25, 0.3) is 0 Å². The van der Waals surface area contributed by atoms with Gasteiger partial charge in [0.25, 0.3) is 11.8 Å². The second-order valence-corrected chi connectivity index (χ2v) is 7.79. The summed E-state index contributed by atoms with van der Waals surface area (Å²) in [6.45, 7) is 3.56. The minimum atomic E-state index is -0.268. The summed E-state index contributed by atoms with van der Waals surface area (Å²) in [5.74, 6) is 0.338. The van der Waals surface area contributed by atoms with E-state index in [1.54, 1.807) is 18.2 Å². The van der Waals surface area contributed by atoms with Crippen LogP contribution in [0.3, 0.4) is 0 Å². The lowest BCUT2D eigenvalue weighted by Gasteiger charge is -2.22. The Morgan fingerprint density at radius 3 is 2.52 bits per heavy atom. The zero-order valence-corrected chi connectivity index (χ0v) is 17.8. The SMILES string of the molecule is CC[C@H](NC(=O)c1ccc(Cl)c(Cl)c1)c1ccccc1OCC(=O)N1CCCC1. The van der Waals surface area contributed by atoms with Crippen molar-refractivity contribution in [2.75, 3.05) is 19.7 Å². The maximum atomic E-state index is 12.7. The average molecular weight is 435 g/mol. The molecule has 7 heteroatoms. The molecule has 2 aromatic carbocycles. The molecule has 0 radical (unpaired) electrons. The summed E-state index contributed by atoms with van der Waals surface area (Å²) in [6, 6.07) is 12.0. The van der Waals surface area contributed by atoms with Gasteiger partial charge in [-0.2, -0.15) is 0 Å². The maximum Gasteiger partial charge on any atom is 0.260 e. The highest BCUT2D eigenvalue weighted by Crippen LogP contribution is 2.28. The van der Waals surface area contributed by atoms with Crippen LogP contribution in [0.2, 0.25) is 10.0 Å². The standard InChI is InChI=1S/C22H24Cl2N2O3/c1-2-19(25-22(28)15-9-10-17(23)18(24)13-15)16-7-3-4-8-20(16)29-14-21(27)26-11-5-6-12-26/h3-4,7-10,13,19H,2,5-6,11-12,14H2,1H3,(H,25,28)/t19-/m0/s1. The Kier molecular flexibility index (Phi) is 7.40. The first kappa shape index (κ1) is 21.5. The molecule has 1 saturated heterocycles. The molecular formula is C22H24Cl2N2O3. The summed E-state index contributed by atoms with van der Waals surface area (Å²) in [7, 11) is 0. The molecule has 1 atom stereocenters. The molecule has 0 spiro atoms. The van der Waals surface area contributed by atoms with E-state index in [4.69, 9.17) is 27.9 Å². The van der Waals surface area contributed by atoms with E-state index in [2.05, 4.69) is 5.32 Å². The average Bonchev–Trinajstić information content (AvgIpc) is 3.27. The third kappa shape index (κ3) is 5.43. The molecule has 3 rings (SSSR count). The zero-order chi connectivity index (χ0) is 20.8. The van der Waals surface area contributed by atoms with Crippen LogP contribution in [0.15, 0.2) is 42.5 Å². The summed E-state index contributed by atoms with van der Waals surface area (Å²) in [6.07, 6.45) is 2.75. The first-order valence-corrected chi connectivity index (χ1v) is 10.5.